The molecule has 2 aromatic heterocycles. The highest BCUT2D eigenvalue weighted by molar-refractivity contribution is 5.93. The van der Waals surface area contributed by atoms with Crippen molar-refractivity contribution in [3.05, 3.63) is 70.9 Å². The van der Waals surface area contributed by atoms with Crippen molar-refractivity contribution in [3.63, 3.8) is 0 Å². The molecular weight excluding hydrogens is 383 g/mol. The molecule has 1 aliphatic heterocycles. The van der Waals surface area contributed by atoms with Gasteiger partial charge >= 0.3 is 0 Å². The number of hydrogen-bond acceptors (Lipinski definition) is 4. The highest BCUT2D eigenvalue weighted by Gasteiger charge is 2.33. The third kappa shape index (κ3) is 4.30. The Morgan fingerprint density at radius 1 is 1.27 bits per heavy atom. The molecule has 158 valence electrons. The topological polar surface area (TPSA) is 64.2 Å². The van der Waals surface area contributed by atoms with Crippen LogP contribution in [0.4, 0.5) is 4.39 Å². The van der Waals surface area contributed by atoms with Crippen LogP contribution in [0.2, 0.25) is 0 Å². The van der Waals surface area contributed by atoms with Gasteiger partial charge in [-0.15, -0.1) is 0 Å². The Bertz CT molecular complexity index is 1010. The Labute approximate surface area is 175 Å². The summed E-state index contributed by atoms with van der Waals surface area (Å²) in [5.41, 5.74) is 2.49. The van der Waals surface area contributed by atoms with Gasteiger partial charge in [0.15, 0.2) is 0 Å². The average molecular weight is 410 g/mol. The number of carbonyl (C=O) groups excluding carboxylic acids is 1. The summed E-state index contributed by atoms with van der Waals surface area (Å²) in [6, 6.07) is 8.07. The van der Waals surface area contributed by atoms with Crippen molar-refractivity contribution in [1.29, 1.82) is 0 Å². The maximum Gasteiger partial charge on any atom is 0.272 e. The second kappa shape index (κ2) is 8.81. The van der Waals surface area contributed by atoms with Crippen LogP contribution < -0.4 is 0 Å². The minimum atomic E-state index is -0.259. The predicted molar refractivity (Wildman–Crippen MR) is 111 cm³/mol. The van der Waals surface area contributed by atoms with Crippen molar-refractivity contribution in [3.8, 4) is 0 Å². The zero-order valence-corrected chi connectivity index (χ0v) is 17.5. The van der Waals surface area contributed by atoms with Gasteiger partial charge in [-0.05, 0) is 49.4 Å². The lowest BCUT2D eigenvalue weighted by Crippen LogP contribution is -2.39. The van der Waals surface area contributed by atoms with Crippen LogP contribution in [-0.2, 0) is 19.9 Å². The van der Waals surface area contributed by atoms with E-state index < -0.39 is 0 Å². The molecule has 1 atom stereocenters. The van der Waals surface area contributed by atoms with E-state index in [9.17, 15) is 9.18 Å². The first-order valence-corrected chi connectivity index (χ1v) is 10.6. The maximum atomic E-state index is 13.3. The van der Waals surface area contributed by atoms with Crippen LogP contribution >= 0.6 is 0 Å². The zero-order valence-electron chi connectivity index (χ0n) is 17.5. The summed E-state index contributed by atoms with van der Waals surface area (Å²) in [7, 11) is 1.82. The number of likely N-dealkylation sites (tertiary alicyclic amines) is 1. The Hall–Kier alpha value is -2.96. The number of benzene rings is 1. The predicted octanol–water partition coefficient (Wildman–Crippen LogP) is 4.46. The highest BCUT2D eigenvalue weighted by atomic mass is 19.1. The number of oxazole rings is 1. The van der Waals surface area contributed by atoms with Gasteiger partial charge in [0.05, 0.1) is 11.9 Å². The minimum absolute atomic E-state index is 0.0321. The van der Waals surface area contributed by atoms with Gasteiger partial charge in [-0.2, -0.15) is 5.10 Å². The standard InChI is InChI=1S/C23H27FN4O2/c1-3-6-18-14-21(27(2)26-18)23(29)28-12-5-4-7-20(28)22-25-15-19(30-22)13-16-8-10-17(24)11-9-16/h8-11,14-15,20H,3-7,12-13H2,1-2H3/t20-/m0/s1. The smallest absolute Gasteiger partial charge is 0.272 e. The molecule has 1 amide bonds. The number of halogens is 1. The molecule has 0 bridgehead atoms. The average Bonchev–Trinajstić information content (AvgIpc) is 3.36. The molecule has 1 fully saturated rings. The molecule has 0 saturated carbocycles. The first-order chi connectivity index (χ1) is 14.5. The van der Waals surface area contributed by atoms with Crippen molar-refractivity contribution < 1.29 is 13.6 Å². The van der Waals surface area contributed by atoms with E-state index in [1.807, 2.05) is 18.0 Å². The lowest BCUT2D eigenvalue weighted by molar-refractivity contribution is 0.0558. The van der Waals surface area contributed by atoms with Gasteiger partial charge in [0.1, 0.15) is 23.3 Å². The Morgan fingerprint density at radius 3 is 2.83 bits per heavy atom. The summed E-state index contributed by atoms with van der Waals surface area (Å²) in [6.07, 6.45) is 6.90. The largest absolute Gasteiger partial charge is 0.443 e. The van der Waals surface area contributed by atoms with Crippen LogP contribution in [0.15, 0.2) is 40.9 Å². The fraction of sp³-hybridized carbons (Fsp3) is 0.435. The fourth-order valence-corrected chi connectivity index (χ4v) is 4.05. The van der Waals surface area contributed by atoms with Crippen LogP contribution in [0.5, 0.6) is 0 Å². The second-order valence-corrected chi connectivity index (χ2v) is 7.87. The maximum absolute atomic E-state index is 13.3. The van der Waals surface area contributed by atoms with Crippen molar-refractivity contribution in [1.82, 2.24) is 19.7 Å². The number of hydrogen-bond donors (Lipinski definition) is 0. The quantitative estimate of drug-likeness (QED) is 0.602. The van der Waals surface area contributed by atoms with E-state index in [0.29, 0.717) is 30.3 Å². The van der Waals surface area contributed by atoms with E-state index in [4.69, 9.17) is 4.42 Å². The van der Waals surface area contributed by atoms with Gasteiger partial charge in [-0.25, -0.2) is 9.37 Å². The van der Waals surface area contributed by atoms with Crippen molar-refractivity contribution in [2.45, 2.75) is 51.5 Å². The molecular formula is C23H27FN4O2. The first kappa shape index (κ1) is 20.3. The van der Waals surface area contributed by atoms with E-state index in [1.165, 1.54) is 12.1 Å². The third-order valence-corrected chi connectivity index (χ3v) is 5.57. The molecule has 1 saturated heterocycles. The van der Waals surface area contributed by atoms with E-state index in [-0.39, 0.29) is 17.8 Å². The SMILES string of the molecule is CCCc1cc(C(=O)N2CCCC[C@H]2c2ncc(Cc3ccc(F)cc3)o2)n(C)n1. The number of rotatable bonds is 6. The van der Waals surface area contributed by atoms with Crippen LogP contribution in [-0.4, -0.2) is 32.1 Å². The first-order valence-electron chi connectivity index (χ1n) is 10.6. The molecule has 0 spiro atoms. The highest BCUT2D eigenvalue weighted by Crippen LogP contribution is 2.32. The minimum Gasteiger partial charge on any atom is -0.443 e. The van der Waals surface area contributed by atoms with Crippen molar-refractivity contribution >= 4 is 5.91 Å². The normalized spacial score (nSPS) is 16.8. The molecule has 4 rings (SSSR count). The zero-order chi connectivity index (χ0) is 21.1. The fourth-order valence-electron chi connectivity index (χ4n) is 4.05. The molecule has 6 nitrogen and oxygen atoms in total. The number of amides is 1. The summed E-state index contributed by atoms with van der Waals surface area (Å²) in [6.45, 7) is 2.77. The Kier molecular flexibility index (Phi) is 5.97. The summed E-state index contributed by atoms with van der Waals surface area (Å²) in [5, 5.41) is 4.47. The van der Waals surface area contributed by atoms with Crippen LogP contribution in [0.1, 0.15) is 72.0 Å². The van der Waals surface area contributed by atoms with Gasteiger partial charge < -0.3 is 9.32 Å². The van der Waals surface area contributed by atoms with E-state index in [0.717, 1.165) is 43.4 Å². The lowest BCUT2D eigenvalue weighted by atomic mass is 10.0. The number of carbonyl (C=O) groups is 1. The Morgan fingerprint density at radius 2 is 2.07 bits per heavy atom. The van der Waals surface area contributed by atoms with Crippen molar-refractivity contribution in [2.75, 3.05) is 6.54 Å². The number of piperidine rings is 1. The van der Waals surface area contributed by atoms with Gasteiger partial charge in [-0.1, -0.05) is 25.5 Å². The van der Waals surface area contributed by atoms with E-state index >= 15 is 0 Å². The van der Waals surface area contributed by atoms with Crippen molar-refractivity contribution in [2.24, 2.45) is 7.05 Å². The molecule has 30 heavy (non-hydrogen) atoms. The molecule has 1 aliphatic rings. The number of aromatic nitrogens is 3. The monoisotopic (exact) mass is 410 g/mol. The molecule has 3 aromatic rings. The summed E-state index contributed by atoms with van der Waals surface area (Å²) < 4.78 is 20.8. The van der Waals surface area contributed by atoms with Crippen LogP contribution in [0.25, 0.3) is 0 Å². The van der Waals surface area contributed by atoms with Gasteiger partial charge in [0.25, 0.3) is 5.91 Å². The van der Waals surface area contributed by atoms with E-state index in [1.54, 1.807) is 23.0 Å². The van der Waals surface area contributed by atoms with Gasteiger partial charge in [-0.3, -0.25) is 9.48 Å². The summed E-state index contributed by atoms with van der Waals surface area (Å²) in [4.78, 5) is 19.7. The third-order valence-electron chi connectivity index (χ3n) is 5.57. The molecule has 0 aliphatic carbocycles. The van der Waals surface area contributed by atoms with E-state index in [2.05, 4.69) is 17.0 Å². The second-order valence-electron chi connectivity index (χ2n) is 7.87. The molecule has 3 heterocycles. The van der Waals surface area contributed by atoms with Crippen LogP contribution in [0, 0.1) is 5.82 Å². The summed E-state index contributed by atoms with van der Waals surface area (Å²) >= 11 is 0. The molecule has 7 heteroatoms. The number of nitrogens with zero attached hydrogens (tertiary/aromatic N) is 4. The molecule has 0 N–H and O–H groups in total. The number of aryl methyl sites for hydroxylation is 2. The van der Waals surface area contributed by atoms with Gasteiger partial charge in [0, 0.05) is 20.0 Å². The molecule has 1 aromatic carbocycles. The molecule has 0 unspecified atom stereocenters. The van der Waals surface area contributed by atoms with Gasteiger partial charge in [0.2, 0.25) is 5.89 Å². The molecule has 0 radical (unpaired) electrons. The van der Waals surface area contributed by atoms with Crippen LogP contribution in [0.3, 0.4) is 0 Å². The summed E-state index contributed by atoms with van der Waals surface area (Å²) in [5.74, 6) is 0.984. The Balaban J connectivity index is 1.53. The lowest BCUT2D eigenvalue weighted by Gasteiger charge is -2.33.